The smallest absolute Gasteiger partial charge is 0.265 e. The number of nitrogens with zero attached hydrogens (tertiary/aromatic N) is 4. The minimum absolute atomic E-state index is 0.272. The van der Waals surface area contributed by atoms with Crippen molar-refractivity contribution in [3.63, 3.8) is 0 Å². The second-order valence-electron chi connectivity index (χ2n) is 5.82. The Bertz CT molecular complexity index is 1100. The van der Waals surface area contributed by atoms with Crippen molar-refractivity contribution in [3.8, 4) is 0 Å². The van der Waals surface area contributed by atoms with Crippen LogP contribution in [0.4, 0.5) is 5.69 Å². The third kappa shape index (κ3) is 5.41. The summed E-state index contributed by atoms with van der Waals surface area (Å²) in [6, 6.07) is 12.2. The summed E-state index contributed by atoms with van der Waals surface area (Å²) in [6.45, 7) is 0.272. The molecule has 29 heavy (non-hydrogen) atoms. The second-order valence-corrected chi connectivity index (χ2v) is 7.55. The Morgan fingerprint density at radius 2 is 1.97 bits per heavy atom. The summed E-state index contributed by atoms with van der Waals surface area (Å²) in [5.74, 6) is -0.803. The van der Waals surface area contributed by atoms with Gasteiger partial charge in [0.1, 0.15) is 6.20 Å². The van der Waals surface area contributed by atoms with E-state index in [-0.39, 0.29) is 12.2 Å². The third-order valence-electron chi connectivity index (χ3n) is 3.74. The van der Waals surface area contributed by atoms with E-state index in [4.69, 9.17) is 23.2 Å². The van der Waals surface area contributed by atoms with Crippen molar-refractivity contribution < 1.29 is 9.72 Å². The van der Waals surface area contributed by atoms with Crippen molar-refractivity contribution in [1.82, 2.24) is 15.2 Å². The fourth-order valence-electron chi connectivity index (χ4n) is 2.38. The molecule has 1 heterocycles. The highest BCUT2D eigenvalue weighted by atomic mass is 79.9. The minimum atomic E-state index is -0.803. The lowest BCUT2D eigenvalue weighted by molar-refractivity contribution is -0.385. The molecule has 0 fully saturated rings. The van der Waals surface area contributed by atoms with Crippen LogP contribution in [-0.4, -0.2) is 26.8 Å². The normalized spacial score (nSPS) is 11.0. The highest BCUT2D eigenvalue weighted by molar-refractivity contribution is 9.10. The molecular formula is C18H12BrCl2N5O3. The van der Waals surface area contributed by atoms with E-state index in [1.165, 1.54) is 17.1 Å². The summed E-state index contributed by atoms with van der Waals surface area (Å²) < 4.78 is 2.24. The first-order valence-electron chi connectivity index (χ1n) is 8.08. The van der Waals surface area contributed by atoms with E-state index in [0.717, 1.165) is 10.0 Å². The first kappa shape index (κ1) is 21.0. The predicted molar refractivity (Wildman–Crippen MR) is 114 cm³/mol. The van der Waals surface area contributed by atoms with Crippen LogP contribution >= 0.6 is 39.1 Å². The van der Waals surface area contributed by atoms with Crippen LogP contribution in [0.3, 0.4) is 0 Å². The molecule has 3 rings (SSSR count). The van der Waals surface area contributed by atoms with Gasteiger partial charge in [-0.2, -0.15) is 10.2 Å². The lowest BCUT2D eigenvalue weighted by atomic mass is 10.2. The molecule has 0 aliphatic carbocycles. The number of hydrazone groups is 1. The number of benzene rings is 2. The zero-order valence-corrected chi connectivity index (χ0v) is 17.6. The van der Waals surface area contributed by atoms with Gasteiger partial charge >= 0.3 is 5.69 Å². The molecule has 1 aromatic heterocycles. The van der Waals surface area contributed by atoms with Gasteiger partial charge in [-0.1, -0.05) is 57.3 Å². The van der Waals surface area contributed by atoms with Crippen molar-refractivity contribution in [2.24, 2.45) is 5.10 Å². The molecule has 0 spiro atoms. The van der Waals surface area contributed by atoms with Crippen LogP contribution in [-0.2, 0) is 6.54 Å². The molecule has 1 amide bonds. The van der Waals surface area contributed by atoms with E-state index in [9.17, 15) is 14.9 Å². The Labute approximate surface area is 183 Å². The van der Waals surface area contributed by atoms with Crippen LogP contribution in [0.25, 0.3) is 0 Å². The number of carbonyl (C=O) groups is 1. The van der Waals surface area contributed by atoms with Gasteiger partial charge < -0.3 is 0 Å². The Hall–Kier alpha value is -2.75. The molecule has 0 radical (unpaired) electrons. The van der Waals surface area contributed by atoms with Crippen molar-refractivity contribution in [2.75, 3.05) is 0 Å². The van der Waals surface area contributed by atoms with Crippen LogP contribution in [0.15, 0.2) is 58.2 Å². The molecular weight excluding hydrogens is 485 g/mol. The molecule has 0 saturated heterocycles. The zero-order valence-electron chi connectivity index (χ0n) is 14.6. The van der Waals surface area contributed by atoms with Crippen molar-refractivity contribution in [3.05, 3.63) is 90.1 Å². The number of aromatic nitrogens is 2. The van der Waals surface area contributed by atoms with Gasteiger partial charge in [0.05, 0.1) is 27.7 Å². The van der Waals surface area contributed by atoms with E-state index in [1.807, 2.05) is 24.3 Å². The van der Waals surface area contributed by atoms with Gasteiger partial charge in [-0.15, -0.1) is 0 Å². The number of amides is 1. The molecule has 148 valence electrons. The Balaban J connectivity index is 1.75. The van der Waals surface area contributed by atoms with Gasteiger partial charge in [0, 0.05) is 4.47 Å². The summed E-state index contributed by atoms with van der Waals surface area (Å²) in [7, 11) is 0. The van der Waals surface area contributed by atoms with E-state index in [1.54, 1.807) is 18.2 Å². The first-order chi connectivity index (χ1) is 13.8. The van der Waals surface area contributed by atoms with Gasteiger partial charge in [-0.3, -0.25) is 19.6 Å². The zero-order chi connectivity index (χ0) is 21.0. The summed E-state index contributed by atoms with van der Waals surface area (Å²) in [5, 5.41) is 19.9. The average Bonchev–Trinajstić information content (AvgIpc) is 3.11. The molecule has 11 heteroatoms. The van der Waals surface area contributed by atoms with Gasteiger partial charge in [0.25, 0.3) is 5.91 Å². The van der Waals surface area contributed by atoms with Gasteiger partial charge in [0.2, 0.25) is 5.69 Å². The fraction of sp³-hybridized carbons (Fsp3) is 0.0556. The largest absolute Gasteiger partial charge is 0.320 e. The van der Waals surface area contributed by atoms with Crippen LogP contribution < -0.4 is 5.43 Å². The molecule has 0 saturated carbocycles. The molecule has 0 bridgehead atoms. The summed E-state index contributed by atoms with van der Waals surface area (Å²) in [6.07, 6.45) is 2.55. The number of halogens is 3. The van der Waals surface area contributed by atoms with Crippen molar-refractivity contribution >= 4 is 56.9 Å². The SMILES string of the molecule is O=C(N/N=C\c1ccc(Cl)c(Cl)c1)c1nn(Cc2ccc(Br)cc2)cc1[N+](=O)[O-]. The average molecular weight is 497 g/mol. The van der Waals surface area contributed by atoms with E-state index in [0.29, 0.717) is 15.6 Å². The monoisotopic (exact) mass is 495 g/mol. The predicted octanol–water partition coefficient (Wildman–Crippen LogP) is 4.67. The number of nitro groups is 1. The van der Waals surface area contributed by atoms with Crippen molar-refractivity contribution in [2.45, 2.75) is 6.54 Å². The third-order valence-corrected chi connectivity index (χ3v) is 5.00. The van der Waals surface area contributed by atoms with Crippen LogP contribution in [0.5, 0.6) is 0 Å². The molecule has 0 unspecified atom stereocenters. The van der Waals surface area contributed by atoms with Gasteiger partial charge in [-0.05, 0) is 35.4 Å². The summed E-state index contributed by atoms with van der Waals surface area (Å²) >= 11 is 15.1. The molecule has 0 aliphatic rings. The molecule has 1 N–H and O–H groups in total. The molecule has 8 nitrogen and oxygen atoms in total. The van der Waals surface area contributed by atoms with Crippen LogP contribution in [0, 0.1) is 10.1 Å². The standard InChI is InChI=1S/C18H12BrCl2N5O3/c19-13-4-1-11(2-5-13)9-25-10-16(26(28)29)17(24-25)18(27)23-22-8-12-3-6-14(20)15(21)7-12/h1-8,10H,9H2,(H,23,27)/b22-8-. The summed E-state index contributed by atoms with van der Waals surface area (Å²) in [4.78, 5) is 23.0. The quantitative estimate of drug-likeness (QED) is 0.304. The van der Waals surface area contributed by atoms with Gasteiger partial charge in [0.15, 0.2) is 0 Å². The van der Waals surface area contributed by atoms with E-state index >= 15 is 0 Å². The lowest BCUT2D eigenvalue weighted by Crippen LogP contribution is -2.19. The topological polar surface area (TPSA) is 102 Å². The second kappa shape index (κ2) is 9.17. The molecule has 0 aliphatic heterocycles. The highest BCUT2D eigenvalue weighted by Crippen LogP contribution is 2.22. The Morgan fingerprint density at radius 1 is 1.24 bits per heavy atom. The van der Waals surface area contributed by atoms with Crippen molar-refractivity contribution in [1.29, 1.82) is 0 Å². The maximum absolute atomic E-state index is 12.3. The van der Waals surface area contributed by atoms with Crippen LogP contribution in [0.2, 0.25) is 10.0 Å². The number of hydrogen-bond donors (Lipinski definition) is 1. The number of nitrogens with one attached hydrogen (secondary N) is 1. The van der Waals surface area contributed by atoms with Crippen LogP contribution in [0.1, 0.15) is 21.6 Å². The molecule has 0 atom stereocenters. The highest BCUT2D eigenvalue weighted by Gasteiger charge is 2.25. The molecule has 2 aromatic carbocycles. The lowest BCUT2D eigenvalue weighted by Gasteiger charge is -2.01. The van der Waals surface area contributed by atoms with E-state index < -0.39 is 16.5 Å². The number of hydrogen-bond acceptors (Lipinski definition) is 5. The first-order valence-corrected chi connectivity index (χ1v) is 9.63. The van der Waals surface area contributed by atoms with Gasteiger partial charge in [-0.25, -0.2) is 5.43 Å². The maximum atomic E-state index is 12.3. The Morgan fingerprint density at radius 3 is 2.62 bits per heavy atom. The molecule has 3 aromatic rings. The number of rotatable bonds is 6. The Kier molecular flexibility index (Phi) is 6.63. The minimum Gasteiger partial charge on any atom is -0.265 e. The van der Waals surface area contributed by atoms with E-state index in [2.05, 4.69) is 31.6 Å². The number of carbonyl (C=O) groups excluding carboxylic acids is 1. The maximum Gasteiger partial charge on any atom is 0.320 e. The fourth-order valence-corrected chi connectivity index (χ4v) is 2.95. The summed E-state index contributed by atoms with van der Waals surface area (Å²) in [5.41, 5.74) is 2.95.